The Labute approximate surface area is 154 Å². The van der Waals surface area contributed by atoms with Gasteiger partial charge in [0.05, 0.1) is 24.0 Å². The predicted molar refractivity (Wildman–Crippen MR) is 105 cm³/mol. The standard InChI is InChI=1S/C21H26N4O/c1-23-12-16(18-6-3-4-7-20(18)23)13-25-11-9-17(15-26)24(2)21-8-5-10-22-19(21)14-25/h3-8,10,12,17,26H,9,11,13-15H2,1-2H3. The van der Waals surface area contributed by atoms with E-state index in [0.717, 1.165) is 37.4 Å². The second-order valence-corrected chi connectivity index (χ2v) is 7.20. The summed E-state index contributed by atoms with van der Waals surface area (Å²) in [7, 11) is 4.16. The van der Waals surface area contributed by atoms with Crippen molar-refractivity contribution in [2.75, 3.05) is 25.1 Å². The zero-order chi connectivity index (χ0) is 18.1. The van der Waals surface area contributed by atoms with Crippen LogP contribution in [0.4, 0.5) is 5.69 Å². The second kappa shape index (κ2) is 7.09. The maximum absolute atomic E-state index is 9.84. The first-order valence-electron chi connectivity index (χ1n) is 9.20. The van der Waals surface area contributed by atoms with E-state index < -0.39 is 0 Å². The lowest BCUT2D eigenvalue weighted by Gasteiger charge is -2.35. The van der Waals surface area contributed by atoms with Gasteiger partial charge in [0.2, 0.25) is 0 Å². The largest absolute Gasteiger partial charge is 0.394 e. The molecule has 0 spiro atoms. The molecule has 3 aromatic rings. The zero-order valence-electron chi connectivity index (χ0n) is 15.5. The van der Waals surface area contributed by atoms with E-state index in [1.54, 1.807) is 0 Å². The number of fused-ring (bicyclic) bond motifs is 2. The number of para-hydroxylation sites is 1. The smallest absolute Gasteiger partial charge is 0.0776 e. The van der Waals surface area contributed by atoms with Crippen molar-refractivity contribution in [2.24, 2.45) is 7.05 Å². The summed E-state index contributed by atoms with van der Waals surface area (Å²) in [5.41, 5.74) is 4.80. The van der Waals surface area contributed by atoms with Crippen LogP contribution in [0.25, 0.3) is 10.9 Å². The number of nitrogens with zero attached hydrogens (tertiary/aromatic N) is 4. The Morgan fingerprint density at radius 2 is 2.00 bits per heavy atom. The van der Waals surface area contributed by atoms with Crippen LogP contribution >= 0.6 is 0 Å². The minimum absolute atomic E-state index is 0.119. The minimum Gasteiger partial charge on any atom is -0.394 e. The van der Waals surface area contributed by atoms with Gasteiger partial charge in [-0.2, -0.15) is 0 Å². The van der Waals surface area contributed by atoms with Gasteiger partial charge >= 0.3 is 0 Å². The summed E-state index contributed by atoms with van der Waals surface area (Å²) in [5, 5.41) is 11.2. The highest BCUT2D eigenvalue weighted by Gasteiger charge is 2.24. The summed E-state index contributed by atoms with van der Waals surface area (Å²) < 4.78 is 2.20. The molecule has 26 heavy (non-hydrogen) atoms. The fourth-order valence-corrected chi connectivity index (χ4v) is 4.03. The minimum atomic E-state index is 0.119. The van der Waals surface area contributed by atoms with Gasteiger partial charge in [-0.25, -0.2) is 0 Å². The highest BCUT2D eigenvalue weighted by molar-refractivity contribution is 5.83. The highest BCUT2D eigenvalue weighted by Crippen LogP contribution is 2.27. The van der Waals surface area contributed by atoms with E-state index in [0.29, 0.717) is 0 Å². The number of rotatable bonds is 3. The van der Waals surface area contributed by atoms with Gasteiger partial charge in [-0.05, 0) is 30.2 Å². The molecule has 0 radical (unpaired) electrons. The van der Waals surface area contributed by atoms with Crippen LogP contribution in [0.3, 0.4) is 0 Å². The molecule has 0 aliphatic carbocycles. The van der Waals surface area contributed by atoms with Crippen molar-refractivity contribution in [1.29, 1.82) is 0 Å². The van der Waals surface area contributed by atoms with E-state index in [1.165, 1.54) is 16.5 Å². The van der Waals surface area contributed by atoms with E-state index in [9.17, 15) is 5.11 Å². The lowest BCUT2D eigenvalue weighted by atomic mass is 10.1. The SMILES string of the molecule is CN1c2cccnc2CN(Cc2cn(C)c3ccccc23)CCC1CO. The lowest BCUT2D eigenvalue weighted by molar-refractivity contribution is 0.205. The molecule has 0 saturated heterocycles. The van der Waals surface area contributed by atoms with Crippen molar-refractivity contribution in [3.8, 4) is 0 Å². The third-order valence-corrected chi connectivity index (χ3v) is 5.53. The molecule has 1 N–H and O–H groups in total. The summed E-state index contributed by atoms with van der Waals surface area (Å²) in [6.45, 7) is 2.81. The van der Waals surface area contributed by atoms with E-state index in [-0.39, 0.29) is 12.6 Å². The Bertz CT molecular complexity index is 904. The van der Waals surface area contributed by atoms with Crippen molar-refractivity contribution >= 4 is 16.6 Å². The Hall–Kier alpha value is -2.37. The monoisotopic (exact) mass is 350 g/mol. The summed E-state index contributed by atoms with van der Waals surface area (Å²) in [6, 6.07) is 12.8. The van der Waals surface area contributed by atoms with E-state index in [1.807, 2.05) is 12.3 Å². The third-order valence-electron chi connectivity index (χ3n) is 5.53. The van der Waals surface area contributed by atoms with Crippen LogP contribution in [-0.4, -0.2) is 45.8 Å². The molecule has 1 unspecified atom stereocenters. The number of aliphatic hydroxyl groups excluding tert-OH is 1. The molecule has 1 aliphatic heterocycles. The van der Waals surface area contributed by atoms with E-state index in [2.05, 4.69) is 70.0 Å². The molecule has 3 heterocycles. The van der Waals surface area contributed by atoms with Gasteiger partial charge in [-0.15, -0.1) is 0 Å². The predicted octanol–water partition coefficient (Wildman–Crippen LogP) is 2.78. The van der Waals surface area contributed by atoms with Crippen molar-refractivity contribution in [3.05, 3.63) is 60.0 Å². The zero-order valence-corrected chi connectivity index (χ0v) is 15.5. The molecule has 0 fully saturated rings. The van der Waals surface area contributed by atoms with Gasteiger partial charge in [0.25, 0.3) is 0 Å². The fraction of sp³-hybridized carbons (Fsp3) is 0.381. The van der Waals surface area contributed by atoms with Crippen LogP contribution in [-0.2, 0) is 20.1 Å². The lowest BCUT2D eigenvalue weighted by Crippen LogP contribution is -2.41. The quantitative estimate of drug-likeness (QED) is 0.789. The van der Waals surface area contributed by atoms with Gasteiger partial charge in [0.15, 0.2) is 0 Å². The molecule has 2 aromatic heterocycles. The number of aliphatic hydroxyl groups is 1. The normalized spacial score (nSPS) is 18.6. The van der Waals surface area contributed by atoms with Gasteiger partial charge in [-0.1, -0.05) is 18.2 Å². The summed E-state index contributed by atoms with van der Waals surface area (Å²) in [6.07, 6.45) is 5.03. The topological polar surface area (TPSA) is 44.5 Å². The van der Waals surface area contributed by atoms with Crippen molar-refractivity contribution < 1.29 is 5.11 Å². The van der Waals surface area contributed by atoms with Crippen molar-refractivity contribution in [3.63, 3.8) is 0 Å². The molecule has 0 bridgehead atoms. The fourth-order valence-electron chi connectivity index (χ4n) is 4.03. The molecule has 5 nitrogen and oxygen atoms in total. The van der Waals surface area contributed by atoms with Crippen LogP contribution in [0.15, 0.2) is 48.8 Å². The van der Waals surface area contributed by atoms with E-state index >= 15 is 0 Å². The van der Waals surface area contributed by atoms with Gasteiger partial charge < -0.3 is 14.6 Å². The van der Waals surface area contributed by atoms with Crippen LogP contribution in [0.5, 0.6) is 0 Å². The first kappa shape index (κ1) is 17.1. The van der Waals surface area contributed by atoms with Gasteiger partial charge in [0, 0.05) is 57.0 Å². The van der Waals surface area contributed by atoms with Crippen molar-refractivity contribution in [1.82, 2.24) is 14.5 Å². The number of pyridine rings is 1. The summed E-state index contributed by atoms with van der Waals surface area (Å²) in [4.78, 5) is 9.26. The van der Waals surface area contributed by atoms with E-state index in [4.69, 9.17) is 0 Å². The van der Waals surface area contributed by atoms with Crippen LogP contribution in [0, 0.1) is 0 Å². The number of hydrogen-bond acceptors (Lipinski definition) is 4. The Morgan fingerprint density at radius 1 is 1.15 bits per heavy atom. The average Bonchev–Trinajstić information content (AvgIpc) is 2.97. The van der Waals surface area contributed by atoms with Crippen LogP contribution in [0.2, 0.25) is 0 Å². The number of aromatic nitrogens is 2. The highest BCUT2D eigenvalue weighted by atomic mass is 16.3. The molecule has 0 amide bonds. The number of anilines is 1. The molecular weight excluding hydrogens is 324 g/mol. The van der Waals surface area contributed by atoms with Gasteiger partial charge in [0.1, 0.15) is 0 Å². The number of aryl methyl sites for hydroxylation is 1. The molecule has 1 aromatic carbocycles. The Balaban J connectivity index is 1.66. The molecule has 136 valence electrons. The molecule has 1 atom stereocenters. The number of likely N-dealkylation sites (N-methyl/N-ethyl adjacent to an activating group) is 1. The van der Waals surface area contributed by atoms with Crippen LogP contribution in [0.1, 0.15) is 17.7 Å². The first-order valence-corrected chi connectivity index (χ1v) is 9.20. The summed E-state index contributed by atoms with van der Waals surface area (Å²) >= 11 is 0. The molecule has 0 saturated carbocycles. The molecular formula is C21H26N4O. The van der Waals surface area contributed by atoms with Crippen molar-refractivity contribution in [2.45, 2.75) is 25.6 Å². The Morgan fingerprint density at radius 3 is 2.85 bits per heavy atom. The molecule has 5 heteroatoms. The molecule has 4 rings (SSSR count). The summed E-state index contributed by atoms with van der Waals surface area (Å²) in [5.74, 6) is 0. The van der Waals surface area contributed by atoms with Crippen LogP contribution < -0.4 is 4.90 Å². The van der Waals surface area contributed by atoms with Gasteiger partial charge in [-0.3, -0.25) is 9.88 Å². The maximum Gasteiger partial charge on any atom is 0.0776 e. The third kappa shape index (κ3) is 3.08. The Kier molecular flexibility index (Phi) is 4.66. The first-order chi connectivity index (χ1) is 12.7. The second-order valence-electron chi connectivity index (χ2n) is 7.20. The molecule has 1 aliphatic rings. The maximum atomic E-state index is 9.84. The average molecular weight is 350 g/mol. The number of benzene rings is 1. The number of hydrogen-bond donors (Lipinski definition) is 1.